The summed E-state index contributed by atoms with van der Waals surface area (Å²) in [5.74, 6) is -0.313. The fourth-order valence-corrected chi connectivity index (χ4v) is 2.36. The zero-order chi connectivity index (χ0) is 19.1. The zero-order valence-corrected chi connectivity index (χ0v) is 14.9. The van der Waals surface area contributed by atoms with Crippen molar-refractivity contribution in [1.82, 2.24) is 0 Å². The number of hydrogen-bond acceptors (Lipinski definition) is 5. The highest BCUT2D eigenvalue weighted by molar-refractivity contribution is 6.32. The summed E-state index contributed by atoms with van der Waals surface area (Å²) in [6.07, 6.45) is -0.395. The Bertz CT molecular complexity index is 860. The topological polar surface area (TPSA) is 100 Å². The highest BCUT2D eigenvalue weighted by Crippen LogP contribution is 2.35. The highest BCUT2D eigenvalue weighted by atomic mass is 35.5. The molecule has 26 heavy (non-hydrogen) atoms. The number of rotatable bonds is 6. The molecule has 2 rings (SSSR count). The molecule has 0 fully saturated rings. The first kappa shape index (κ1) is 19.1. The molecule has 0 aliphatic carbocycles. The molecule has 2 aromatic rings. The van der Waals surface area contributed by atoms with Gasteiger partial charge in [0.25, 0.3) is 0 Å². The van der Waals surface area contributed by atoms with Crippen LogP contribution in [0.4, 0.5) is 11.4 Å². The zero-order valence-electron chi connectivity index (χ0n) is 14.1. The predicted octanol–water partition coefficient (Wildman–Crippen LogP) is 3.20. The number of anilines is 2. The summed E-state index contributed by atoms with van der Waals surface area (Å²) >= 11 is 6.01. The highest BCUT2D eigenvalue weighted by Gasteiger charge is 2.15. The van der Waals surface area contributed by atoms with Crippen molar-refractivity contribution in [3.05, 3.63) is 47.0 Å². The van der Waals surface area contributed by atoms with E-state index in [9.17, 15) is 9.59 Å². The Morgan fingerprint density at radius 1 is 1.04 bits per heavy atom. The summed E-state index contributed by atoms with van der Waals surface area (Å²) in [4.78, 5) is 24.1. The molecule has 0 aliphatic heterocycles. The minimum Gasteiger partial charge on any atom is -0.495 e. The second kappa shape index (κ2) is 8.74. The van der Waals surface area contributed by atoms with E-state index in [1.54, 1.807) is 24.3 Å². The van der Waals surface area contributed by atoms with Gasteiger partial charge in [-0.15, -0.1) is 0 Å². The second-order valence-corrected chi connectivity index (χ2v) is 5.56. The summed E-state index contributed by atoms with van der Waals surface area (Å²) in [5.41, 5.74) is 1.31. The summed E-state index contributed by atoms with van der Waals surface area (Å²) in [7, 11) is 2.88. The lowest BCUT2D eigenvalue weighted by atomic mass is 10.2. The maximum atomic E-state index is 12.1. The van der Waals surface area contributed by atoms with Gasteiger partial charge in [-0.1, -0.05) is 11.6 Å². The van der Waals surface area contributed by atoms with Crippen LogP contribution in [0.5, 0.6) is 11.5 Å². The van der Waals surface area contributed by atoms with Crippen LogP contribution >= 0.6 is 11.6 Å². The predicted molar refractivity (Wildman–Crippen MR) is 97.6 cm³/mol. The molecule has 0 saturated heterocycles. The number of hydrogen-bond donors (Lipinski definition) is 2. The molecule has 0 radical (unpaired) electrons. The average Bonchev–Trinajstić information content (AvgIpc) is 2.63. The summed E-state index contributed by atoms with van der Waals surface area (Å²) in [5, 5.41) is 14.3. The van der Waals surface area contributed by atoms with Crippen LogP contribution in [0.3, 0.4) is 0 Å². The quantitative estimate of drug-likeness (QED) is 0.757. The lowest BCUT2D eigenvalue weighted by Gasteiger charge is -2.13. The molecule has 0 saturated carbocycles. The van der Waals surface area contributed by atoms with Crippen LogP contribution in [0, 0.1) is 11.3 Å². The lowest BCUT2D eigenvalue weighted by Crippen LogP contribution is -2.21. The molecule has 0 aliphatic rings. The van der Waals surface area contributed by atoms with Gasteiger partial charge in [-0.05, 0) is 24.3 Å². The van der Waals surface area contributed by atoms with Gasteiger partial charge in [-0.3, -0.25) is 9.59 Å². The van der Waals surface area contributed by atoms with Gasteiger partial charge in [0.2, 0.25) is 11.8 Å². The van der Waals surface area contributed by atoms with Gasteiger partial charge in [0.1, 0.15) is 17.9 Å². The normalized spacial score (nSPS) is 9.77. The van der Waals surface area contributed by atoms with Crippen LogP contribution < -0.4 is 20.1 Å². The van der Waals surface area contributed by atoms with E-state index in [4.69, 9.17) is 26.3 Å². The number of benzene rings is 2. The van der Waals surface area contributed by atoms with Crippen molar-refractivity contribution in [2.24, 2.45) is 0 Å². The van der Waals surface area contributed by atoms with E-state index in [1.165, 1.54) is 26.4 Å². The van der Waals surface area contributed by atoms with Crippen molar-refractivity contribution in [1.29, 1.82) is 5.26 Å². The van der Waals surface area contributed by atoms with E-state index >= 15 is 0 Å². The lowest BCUT2D eigenvalue weighted by molar-refractivity contribution is -0.123. The van der Waals surface area contributed by atoms with Gasteiger partial charge in [-0.25, -0.2) is 0 Å². The Labute approximate surface area is 155 Å². The van der Waals surface area contributed by atoms with Crippen molar-refractivity contribution in [2.75, 3.05) is 24.9 Å². The molecule has 7 nitrogen and oxygen atoms in total. The fraction of sp³-hybridized carbons (Fsp3) is 0.167. The van der Waals surface area contributed by atoms with E-state index in [-0.39, 0.29) is 0 Å². The molecule has 2 aromatic carbocycles. The molecule has 0 unspecified atom stereocenters. The van der Waals surface area contributed by atoms with Crippen LogP contribution in [0.1, 0.15) is 12.0 Å². The van der Waals surface area contributed by atoms with E-state index in [2.05, 4.69) is 10.6 Å². The van der Waals surface area contributed by atoms with Crippen LogP contribution in [0.25, 0.3) is 0 Å². The van der Waals surface area contributed by atoms with Gasteiger partial charge >= 0.3 is 0 Å². The second-order valence-electron chi connectivity index (χ2n) is 5.15. The Morgan fingerprint density at radius 2 is 1.65 bits per heavy atom. The summed E-state index contributed by atoms with van der Waals surface area (Å²) in [6.45, 7) is 0. The van der Waals surface area contributed by atoms with Crippen molar-refractivity contribution in [3.63, 3.8) is 0 Å². The first-order valence-electron chi connectivity index (χ1n) is 7.48. The number of nitrogens with zero attached hydrogens (tertiary/aromatic N) is 1. The van der Waals surface area contributed by atoms with Crippen LogP contribution in [-0.2, 0) is 9.59 Å². The average molecular weight is 374 g/mol. The maximum Gasteiger partial charge on any atom is 0.233 e. The summed E-state index contributed by atoms with van der Waals surface area (Å²) < 4.78 is 10.3. The third-order valence-corrected chi connectivity index (χ3v) is 3.66. The van der Waals surface area contributed by atoms with E-state index in [0.29, 0.717) is 33.5 Å². The molecule has 134 valence electrons. The Morgan fingerprint density at radius 3 is 2.23 bits per heavy atom. The van der Waals surface area contributed by atoms with Gasteiger partial charge in [-0.2, -0.15) is 5.26 Å². The molecule has 8 heteroatoms. The van der Waals surface area contributed by atoms with Gasteiger partial charge in [0, 0.05) is 17.8 Å². The number of methoxy groups -OCH3 is 2. The number of nitrogens with one attached hydrogen (secondary N) is 2. The minimum absolute atomic E-state index is 0.334. The molecular formula is C18H16ClN3O4. The molecule has 0 bridgehead atoms. The van der Waals surface area contributed by atoms with Gasteiger partial charge < -0.3 is 20.1 Å². The largest absolute Gasteiger partial charge is 0.495 e. The van der Waals surface area contributed by atoms with E-state index in [0.717, 1.165) is 0 Å². The van der Waals surface area contributed by atoms with Crippen molar-refractivity contribution >= 4 is 34.8 Å². The molecule has 0 spiro atoms. The molecular weight excluding hydrogens is 358 g/mol. The van der Waals surface area contributed by atoms with Crippen molar-refractivity contribution in [3.8, 4) is 17.6 Å². The number of carbonyl (C=O) groups excluding carboxylic acids is 2. The molecule has 2 N–H and O–H groups in total. The monoisotopic (exact) mass is 373 g/mol. The van der Waals surface area contributed by atoms with Gasteiger partial charge in [0.05, 0.1) is 36.6 Å². The van der Waals surface area contributed by atoms with Crippen LogP contribution in [-0.4, -0.2) is 26.0 Å². The van der Waals surface area contributed by atoms with E-state index < -0.39 is 18.2 Å². The number of amides is 2. The smallest absolute Gasteiger partial charge is 0.233 e. The van der Waals surface area contributed by atoms with Gasteiger partial charge in [0.15, 0.2) is 0 Å². The molecule has 0 atom stereocenters. The number of nitriles is 1. The van der Waals surface area contributed by atoms with Crippen molar-refractivity contribution < 1.29 is 19.1 Å². The maximum absolute atomic E-state index is 12.1. The SMILES string of the molecule is COc1cc(NC(=O)CC(=O)Nc2ccc(C#N)cc2)c(OC)cc1Cl. The standard InChI is InChI=1S/C18H16ClN3O4/c1-25-15-8-14(16(26-2)7-13(15)19)22-18(24)9-17(23)21-12-5-3-11(10-20)4-6-12/h3-8H,9H2,1-2H3,(H,21,23)(H,22,24). The Balaban J connectivity index is 2.01. The third-order valence-electron chi connectivity index (χ3n) is 3.37. The van der Waals surface area contributed by atoms with E-state index in [1.807, 2.05) is 6.07 Å². The molecule has 0 heterocycles. The van der Waals surface area contributed by atoms with Crippen molar-refractivity contribution in [2.45, 2.75) is 6.42 Å². The number of carbonyl (C=O) groups is 2. The molecule has 2 amide bonds. The number of halogens is 1. The minimum atomic E-state index is -0.529. The Kier molecular flexibility index (Phi) is 6.42. The Hall–Kier alpha value is -3.24. The van der Waals surface area contributed by atoms with Crippen LogP contribution in [0.2, 0.25) is 5.02 Å². The number of ether oxygens (including phenoxy) is 2. The first-order chi connectivity index (χ1) is 12.5. The van der Waals surface area contributed by atoms with Crippen LogP contribution in [0.15, 0.2) is 36.4 Å². The first-order valence-corrected chi connectivity index (χ1v) is 7.86. The molecule has 0 aromatic heterocycles. The third kappa shape index (κ3) is 4.88. The fourth-order valence-electron chi connectivity index (χ4n) is 2.13. The summed E-state index contributed by atoms with van der Waals surface area (Å²) in [6, 6.07) is 11.3.